The molecule has 1 aliphatic rings. The molecule has 0 N–H and O–H groups in total. The van der Waals surface area contributed by atoms with E-state index >= 15 is 0 Å². The first kappa shape index (κ1) is 16.2. The Morgan fingerprint density at radius 3 is 2.57 bits per heavy atom. The largest absolute Gasteiger partial charge is 0.472 e. The Morgan fingerprint density at radius 1 is 1.22 bits per heavy atom. The van der Waals surface area contributed by atoms with Crippen LogP contribution in [-0.4, -0.2) is 36.9 Å². The molecule has 10 heteroatoms. The molecule has 1 saturated heterocycles. The van der Waals surface area contributed by atoms with Crippen molar-refractivity contribution in [3.05, 3.63) is 41.4 Å². The number of nitrogens with zero attached hydrogens (tertiary/aromatic N) is 2. The number of pyridine rings is 1. The monoisotopic (exact) mass is 364 g/mol. The Hall–Kier alpha value is -1.65. The molecule has 5 nitrogen and oxygen atoms in total. The summed E-state index contributed by atoms with van der Waals surface area (Å²) in [6, 6.07) is 6.50. The van der Waals surface area contributed by atoms with E-state index in [9.17, 15) is 21.6 Å². The minimum Gasteiger partial charge on any atom is -0.472 e. The van der Waals surface area contributed by atoms with Gasteiger partial charge in [-0.2, -0.15) is 17.5 Å². The van der Waals surface area contributed by atoms with Crippen LogP contribution in [0.25, 0.3) is 0 Å². The second-order valence-corrected chi connectivity index (χ2v) is 7.97. The highest BCUT2D eigenvalue weighted by atomic mass is 32.2. The molecule has 0 radical (unpaired) electrons. The lowest BCUT2D eigenvalue weighted by molar-refractivity contribution is -0.141. The summed E-state index contributed by atoms with van der Waals surface area (Å²) in [5.41, 5.74) is -1.04. The lowest BCUT2D eigenvalue weighted by Gasteiger charge is -2.37. The predicted molar refractivity (Wildman–Crippen MR) is 76.7 cm³/mol. The van der Waals surface area contributed by atoms with Crippen molar-refractivity contribution in [3.63, 3.8) is 0 Å². The van der Waals surface area contributed by atoms with Crippen LogP contribution in [0, 0.1) is 0 Å². The number of aromatic nitrogens is 1. The van der Waals surface area contributed by atoms with Crippen LogP contribution in [0.5, 0.6) is 5.88 Å². The first-order chi connectivity index (χ1) is 10.8. The normalized spacial score (nSPS) is 17.0. The molecule has 0 atom stereocenters. The van der Waals surface area contributed by atoms with Crippen LogP contribution in [0.4, 0.5) is 13.2 Å². The van der Waals surface area contributed by atoms with Crippen LogP contribution < -0.4 is 4.74 Å². The molecule has 3 heterocycles. The minimum atomic E-state index is -4.55. The highest BCUT2D eigenvalue weighted by Crippen LogP contribution is 2.30. The number of alkyl halides is 3. The second-order valence-electron chi connectivity index (χ2n) is 4.85. The van der Waals surface area contributed by atoms with Crippen LogP contribution in [0.1, 0.15) is 5.69 Å². The highest BCUT2D eigenvalue weighted by Gasteiger charge is 2.39. The zero-order valence-electron chi connectivity index (χ0n) is 11.5. The van der Waals surface area contributed by atoms with Crippen LogP contribution in [-0.2, 0) is 16.2 Å². The number of hydrogen-bond acceptors (Lipinski definition) is 5. The van der Waals surface area contributed by atoms with Gasteiger partial charge in [-0.15, -0.1) is 11.3 Å². The number of thiophene rings is 1. The highest BCUT2D eigenvalue weighted by molar-refractivity contribution is 7.91. The summed E-state index contributed by atoms with van der Waals surface area (Å²) < 4.78 is 68.8. The van der Waals surface area contributed by atoms with Gasteiger partial charge in [0, 0.05) is 6.07 Å². The third-order valence-corrected chi connectivity index (χ3v) is 6.41. The molecule has 0 aromatic carbocycles. The molecular weight excluding hydrogens is 353 g/mol. The topological polar surface area (TPSA) is 59.5 Å². The van der Waals surface area contributed by atoms with E-state index in [0.717, 1.165) is 17.4 Å². The molecule has 1 fully saturated rings. The van der Waals surface area contributed by atoms with Crippen molar-refractivity contribution in [3.8, 4) is 5.88 Å². The fourth-order valence-electron chi connectivity index (χ4n) is 2.02. The van der Waals surface area contributed by atoms with E-state index < -0.39 is 28.0 Å². The van der Waals surface area contributed by atoms with Crippen LogP contribution >= 0.6 is 11.3 Å². The molecule has 0 bridgehead atoms. The van der Waals surface area contributed by atoms with Crippen LogP contribution in [0.15, 0.2) is 39.9 Å². The number of ether oxygens (including phenoxy) is 1. The second kappa shape index (κ2) is 5.77. The smallest absolute Gasteiger partial charge is 0.433 e. The van der Waals surface area contributed by atoms with E-state index in [0.29, 0.717) is 0 Å². The van der Waals surface area contributed by atoms with Crippen molar-refractivity contribution in [2.75, 3.05) is 13.1 Å². The molecule has 0 aliphatic carbocycles. The van der Waals surface area contributed by atoms with E-state index in [1.807, 2.05) is 0 Å². The Labute approximate surface area is 134 Å². The summed E-state index contributed by atoms with van der Waals surface area (Å²) >= 11 is 1.11. The summed E-state index contributed by atoms with van der Waals surface area (Å²) in [5.74, 6) is -0.169. The molecule has 0 saturated carbocycles. The van der Waals surface area contributed by atoms with Crippen molar-refractivity contribution >= 4 is 21.4 Å². The van der Waals surface area contributed by atoms with E-state index in [-0.39, 0.29) is 23.2 Å². The third-order valence-electron chi connectivity index (χ3n) is 3.21. The minimum absolute atomic E-state index is 0.0815. The van der Waals surface area contributed by atoms with Crippen LogP contribution in [0.2, 0.25) is 0 Å². The van der Waals surface area contributed by atoms with Gasteiger partial charge in [0.1, 0.15) is 16.0 Å². The molecular formula is C13H11F3N2O3S2. The lowest BCUT2D eigenvalue weighted by Crippen LogP contribution is -2.55. The van der Waals surface area contributed by atoms with Gasteiger partial charge in [-0.05, 0) is 17.5 Å². The third kappa shape index (κ3) is 3.33. The maximum atomic E-state index is 12.6. The molecule has 0 unspecified atom stereocenters. The summed E-state index contributed by atoms with van der Waals surface area (Å²) in [7, 11) is -3.54. The molecule has 0 amide bonds. The van der Waals surface area contributed by atoms with Crippen molar-refractivity contribution in [2.24, 2.45) is 0 Å². The van der Waals surface area contributed by atoms with Crippen molar-refractivity contribution < 1.29 is 26.3 Å². The van der Waals surface area contributed by atoms with Gasteiger partial charge < -0.3 is 4.74 Å². The van der Waals surface area contributed by atoms with E-state index in [1.165, 1.54) is 22.5 Å². The number of halogens is 3. The van der Waals surface area contributed by atoms with Crippen molar-refractivity contribution in [2.45, 2.75) is 16.5 Å². The molecule has 1 aliphatic heterocycles. The Morgan fingerprint density at radius 2 is 1.96 bits per heavy atom. The number of sulfonamides is 1. The molecule has 23 heavy (non-hydrogen) atoms. The maximum absolute atomic E-state index is 12.6. The zero-order valence-corrected chi connectivity index (χ0v) is 13.2. The van der Waals surface area contributed by atoms with Gasteiger partial charge in [0.2, 0.25) is 5.88 Å². The predicted octanol–water partition coefficient (Wildman–Crippen LogP) is 2.61. The quantitative estimate of drug-likeness (QED) is 0.837. The van der Waals surface area contributed by atoms with E-state index in [2.05, 4.69) is 4.98 Å². The first-order valence-electron chi connectivity index (χ1n) is 6.51. The number of hydrogen-bond donors (Lipinski definition) is 0. The first-order valence-corrected chi connectivity index (χ1v) is 8.83. The summed E-state index contributed by atoms with van der Waals surface area (Å²) in [5, 5.41) is 1.66. The molecule has 3 rings (SSSR count). The summed E-state index contributed by atoms with van der Waals surface area (Å²) in [6.45, 7) is 0.163. The van der Waals surface area contributed by atoms with Crippen LogP contribution in [0.3, 0.4) is 0 Å². The van der Waals surface area contributed by atoms with Gasteiger partial charge in [0.15, 0.2) is 0 Å². The van der Waals surface area contributed by atoms with Gasteiger partial charge >= 0.3 is 6.18 Å². The molecule has 124 valence electrons. The SMILES string of the molecule is O=S(=O)(c1cccs1)N1CC(Oc2cccc(C(F)(F)F)n2)C1. The number of rotatable bonds is 4. The fourth-order valence-corrected chi connectivity index (χ4v) is 4.67. The van der Waals surface area contributed by atoms with Gasteiger partial charge in [0.05, 0.1) is 13.1 Å². The average molecular weight is 364 g/mol. The van der Waals surface area contributed by atoms with Gasteiger partial charge in [-0.1, -0.05) is 12.1 Å². The van der Waals surface area contributed by atoms with E-state index in [1.54, 1.807) is 11.4 Å². The van der Waals surface area contributed by atoms with Gasteiger partial charge in [-0.3, -0.25) is 0 Å². The van der Waals surface area contributed by atoms with Gasteiger partial charge in [-0.25, -0.2) is 13.4 Å². The molecule has 2 aromatic heterocycles. The average Bonchev–Trinajstić information content (AvgIpc) is 2.96. The Kier molecular flexibility index (Phi) is 4.07. The zero-order chi connectivity index (χ0) is 16.7. The van der Waals surface area contributed by atoms with Crippen molar-refractivity contribution in [1.29, 1.82) is 0 Å². The summed E-state index contributed by atoms with van der Waals surface area (Å²) in [4.78, 5) is 3.39. The van der Waals surface area contributed by atoms with E-state index in [4.69, 9.17) is 4.74 Å². The van der Waals surface area contributed by atoms with Crippen molar-refractivity contribution in [1.82, 2.24) is 9.29 Å². The fraction of sp³-hybridized carbons (Fsp3) is 0.308. The standard InChI is InChI=1S/C13H11F3N2O3S2/c14-13(15,16)10-3-1-4-11(17-10)21-9-7-18(8-9)23(19,20)12-5-2-6-22-12/h1-6,9H,7-8H2. The Bertz CT molecular complexity index is 785. The lowest BCUT2D eigenvalue weighted by atomic mass is 10.2. The van der Waals surface area contributed by atoms with Gasteiger partial charge in [0.25, 0.3) is 10.0 Å². The maximum Gasteiger partial charge on any atom is 0.433 e. The summed E-state index contributed by atoms with van der Waals surface area (Å²) in [6.07, 6.45) is -5.06. The Balaban J connectivity index is 1.63. The molecule has 2 aromatic rings. The molecule has 0 spiro atoms.